The van der Waals surface area contributed by atoms with Gasteiger partial charge in [0.15, 0.2) is 0 Å². The van der Waals surface area contributed by atoms with Gasteiger partial charge in [0.25, 0.3) is 0 Å². The average Bonchev–Trinajstić information content (AvgIpc) is 2.37. The Hall–Kier alpha value is -1.04. The average molecular weight is 323 g/mol. The zero-order chi connectivity index (χ0) is 15.3. The summed E-state index contributed by atoms with van der Waals surface area (Å²) >= 11 is 11.3. The molecule has 0 aliphatic carbocycles. The summed E-state index contributed by atoms with van der Waals surface area (Å²) < 4.78 is 14.0. The molecule has 7 heteroatoms. The first kappa shape index (κ1) is 17.0. The third-order valence-corrected chi connectivity index (χ3v) is 3.08. The summed E-state index contributed by atoms with van der Waals surface area (Å²) in [5, 5.41) is 14.9. The molecule has 1 amide bonds. The standard InChI is InChI=1S/C13H17Cl2FN2O2/c1-13(2,20)7-18-9-4-3-8(12(16)11(9)15)6-17-10(19)5-14/h3-4,18,20H,5-7H2,1-2H3,(H,17,19). The molecule has 1 aromatic rings. The van der Waals surface area contributed by atoms with Gasteiger partial charge in [-0.25, -0.2) is 4.39 Å². The van der Waals surface area contributed by atoms with Crippen LogP contribution in [0.5, 0.6) is 0 Å². The molecule has 0 aromatic heterocycles. The van der Waals surface area contributed by atoms with Crippen molar-refractivity contribution in [3.63, 3.8) is 0 Å². The molecule has 0 saturated heterocycles. The van der Waals surface area contributed by atoms with Crippen LogP contribution in [-0.2, 0) is 11.3 Å². The smallest absolute Gasteiger partial charge is 0.235 e. The fraction of sp³-hybridized carbons (Fsp3) is 0.462. The maximum absolute atomic E-state index is 14.0. The Morgan fingerprint density at radius 2 is 2.10 bits per heavy atom. The van der Waals surface area contributed by atoms with Crippen LogP contribution in [0.4, 0.5) is 10.1 Å². The highest BCUT2D eigenvalue weighted by Gasteiger charge is 2.16. The lowest BCUT2D eigenvalue weighted by Crippen LogP contribution is -2.29. The van der Waals surface area contributed by atoms with E-state index in [2.05, 4.69) is 10.6 Å². The van der Waals surface area contributed by atoms with Crippen molar-refractivity contribution in [2.75, 3.05) is 17.7 Å². The highest BCUT2D eigenvalue weighted by atomic mass is 35.5. The number of hydrogen-bond acceptors (Lipinski definition) is 3. The Morgan fingerprint density at radius 1 is 1.45 bits per heavy atom. The largest absolute Gasteiger partial charge is 0.389 e. The molecule has 0 bridgehead atoms. The Kier molecular flexibility index (Phi) is 6.05. The van der Waals surface area contributed by atoms with E-state index in [1.54, 1.807) is 19.9 Å². The van der Waals surface area contributed by atoms with Gasteiger partial charge in [0.05, 0.1) is 16.3 Å². The van der Waals surface area contributed by atoms with Crippen LogP contribution in [0.1, 0.15) is 19.4 Å². The van der Waals surface area contributed by atoms with Crippen LogP contribution in [-0.4, -0.2) is 29.0 Å². The zero-order valence-corrected chi connectivity index (χ0v) is 12.8. The van der Waals surface area contributed by atoms with Gasteiger partial charge in [-0.2, -0.15) is 0 Å². The lowest BCUT2D eigenvalue weighted by Gasteiger charge is -2.19. The van der Waals surface area contributed by atoms with Crippen molar-refractivity contribution in [2.45, 2.75) is 26.0 Å². The van der Waals surface area contributed by atoms with E-state index < -0.39 is 11.4 Å². The molecular formula is C13H17Cl2FN2O2. The highest BCUT2D eigenvalue weighted by molar-refractivity contribution is 6.33. The second kappa shape index (κ2) is 7.11. The number of hydrogen-bond donors (Lipinski definition) is 3. The maximum atomic E-state index is 14.0. The molecule has 0 atom stereocenters. The number of carbonyl (C=O) groups is 1. The molecule has 0 aliphatic heterocycles. The summed E-state index contributed by atoms with van der Waals surface area (Å²) in [5.41, 5.74) is -0.284. The third kappa shape index (κ3) is 5.15. The summed E-state index contributed by atoms with van der Waals surface area (Å²) in [4.78, 5) is 11.0. The topological polar surface area (TPSA) is 61.4 Å². The van der Waals surface area contributed by atoms with Gasteiger partial charge < -0.3 is 15.7 Å². The van der Waals surface area contributed by atoms with E-state index in [1.165, 1.54) is 6.07 Å². The normalized spacial score (nSPS) is 11.3. The fourth-order valence-corrected chi connectivity index (χ4v) is 1.76. The summed E-state index contributed by atoms with van der Waals surface area (Å²) in [6.45, 7) is 3.50. The Balaban J connectivity index is 2.78. The van der Waals surface area contributed by atoms with Gasteiger partial charge in [-0.3, -0.25) is 4.79 Å². The molecular weight excluding hydrogens is 306 g/mol. The summed E-state index contributed by atoms with van der Waals surface area (Å²) in [6.07, 6.45) is 0. The van der Waals surface area contributed by atoms with E-state index in [0.29, 0.717) is 5.69 Å². The first-order chi connectivity index (χ1) is 9.24. The molecule has 0 heterocycles. The predicted octanol–water partition coefficient (Wildman–Crippen LogP) is 2.52. The van der Waals surface area contributed by atoms with Crippen LogP contribution in [0.15, 0.2) is 12.1 Å². The van der Waals surface area contributed by atoms with Gasteiger partial charge in [0.2, 0.25) is 5.91 Å². The molecule has 20 heavy (non-hydrogen) atoms. The van der Waals surface area contributed by atoms with Crippen molar-refractivity contribution < 1.29 is 14.3 Å². The zero-order valence-electron chi connectivity index (χ0n) is 11.3. The molecule has 0 fully saturated rings. The molecule has 0 spiro atoms. The van der Waals surface area contributed by atoms with Crippen molar-refractivity contribution in [1.29, 1.82) is 0 Å². The molecule has 0 unspecified atom stereocenters. The summed E-state index contributed by atoms with van der Waals surface area (Å²) in [7, 11) is 0. The number of carbonyl (C=O) groups excluding carboxylic acids is 1. The number of amides is 1. The molecule has 112 valence electrons. The number of aliphatic hydroxyl groups is 1. The van der Waals surface area contributed by atoms with E-state index in [-0.39, 0.29) is 35.5 Å². The number of anilines is 1. The number of alkyl halides is 1. The van der Waals surface area contributed by atoms with Gasteiger partial charge in [-0.1, -0.05) is 17.7 Å². The van der Waals surface area contributed by atoms with E-state index in [0.717, 1.165) is 0 Å². The van der Waals surface area contributed by atoms with Crippen LogP contribution in [0.25, 0.3) is 0 Å². The van der Waals surface area contributed by atoms with Gasteiger partial charge >= 0.3 is 0 Å². The second-order valence-electron chi connectivity index (χ2n) is 4.98. The van der Waals surface area contributed by atoms with Crippen molar-refractivity contribution in [3.05, 3.63) is 28.5 Å². The fourth-order valence-electron chi connectivity index (χ4n) is 1.42. The Bertz CT molecular complexity index is 490. The van der Waals surface area contributed by atoms with E-state index in [9.17, 15) is 14.3 Å². The van der Waals surface area contributed by atoms with Crippen LogP contribution in [0, 0.1) is 5.82 Å². The maximum Gasteiger partial charge on any atom is 0.235 e. The number of rotatable bonds is 6. The van der Waals surface area contributed by atoms with Gasteiger partial charge in [0.1, 0.15) is 11.7 Å². The first-order valence-corrected chi connectivity index (χ1v) is 6.91. The number of halogens is 3. The van der Waals surface area contributed by atoms with E-state index >= 15 is 0 Å². The van der Waals surface area contributed by atoms with Gasteiger partial charge in [-0.15, -0.1) is 11.6 Å². The van der Waals surface area contributed by atoms with E-state index in [1.807, 2.05) is 0 Å². The first-order valence-electron chi connectivity index (χ1n) is 6.00. The number of nitrogens with one attached hydrogen (secondary N) is 2. The van der Waals surface area contributed by atoms with Crippen molar-refractivity contribution in [2.24, 2.45) is 0 Å². The van der Waals surface area contributed by atoms with Crippen molar-refractivity contribution in [1.82, 2.24) is 5.32 Å². The highest BCUT2D eigenvalue weighted by Crippen LogP contribution is 2.28. The van der Waals surface area contributed by atoms with Crippen LogP contribution in [0.3, 0.4) is 0 Å². The quantitative estimate of drug-likeness (QED) is 0.705. The minimum Gasteiger partial charge on any atom is -0.389 e. The number of benzene rings is 1. The minimum absolute atomic E-state index is 0.0167. The predicted molar refractivity (Wildman–Crippen MR) is 78.8 cm³/mol. The molecule has 0 saturated carbocycles. The van der Waals surface area contributed by atoms with Crippen LogP contribution < -0.4 is 10.6 Å². The van der Waals surface area contributed by atoms with Gasteiger partial charge in [0, 0.05) is 18.7 Å². The van der Waals surface area contributed by atoms with Crippen LogP contribution in [0.2, 0.25) is 5.02 Å². The summed E-state index contributed by atoms with van der Waals surface area (Å²) in [5.74, 6) is -1.17. The SMILES string of the molecule is CC(C)(O)CNc1ccc(CNC(=O)CCl)c(F)c1Cl. The Morgan fingerprint density at radius 3 is 2.65 bits per heavy atom. The Labute approximate surface area is 127 Å². The third-order valence-electron chi connectivity index (χ3n) is 2.47. The lowest BCUT2D eigenvalue weighted by atomic mass is 10.1. The van der Waals surface area contributed by atoms with E-state index in [4.69, 9.17) is 23.2 Å². The molecule has 0 aliphatic rings. The van der Waals surface area contributed by atoms with Crippen LogP contribution >= 0.6 is 23.2 Å². The minimum atomic E-state index is -0.938. The molecule has 0 radical (unpaired) electrons. The van der Waals surface area contributed by atoms with Crippen molar-refractivity contribution >= 4 is 34.8 Å². The lowest BCUT2D eigenvalue weighted by molar-refractivity contribution is -0.118. The second-order valence-corrected chi connectivity index (χ2v) is 5.62. The molecule has 1 rings (SSSR count). The monoisotopic (exact) mass is 322 g/mol. The van der Waals surface area contributed by atoms with Crippen molar-refractivity contribution in [3.8, 4) is 0 Å². The summed E-state index contributed by atoms with van der Waals surface area (Å²) in [6, 6.07) is 3.11. The van der Waals surface area contributed by atoms with Gasteiger partial charge in [-0.05, 0) is 19.9 Å². The molecule has 1 aromatic carbocycles. The molecule has 4 nitrogen and oxygen atoms in total. The molecule has 3 N–H and O–H groups in total.